The Kier molecular flexibility index (Phi) is 11.4. The normalized spacial score (nSPS) is 11.3. The van der Waals surface area contributed by atoms with E-state index in [9.17, 15) is 14.7 Å². The topological polar surface area (TPSA) is 188 Å². The van der Waals surface area contributed by atoms with Crippen molar-refractivity contribution in [3.05, 3.63) is 23.8 Å². The van der Waals surface area contributed by atoms with Crippen LogP contribution in [0.5, 0.6) is 11.5 Å². The summed E-state index contributed by atoms with van der Waals surface area (Å²) in [7, 11) is -2.67. The Morgan fingerprint density at radius 2 is 1.92 bits per heavy atom. The number of carbonyl (C=O) groups excluding carboxylic acids is 1. The molecular weight excluding hydrogens is 353 g/mol. The van der Waals surface area contributed by atoms with Gasteiger partial charge in [-0.2, -0.15) is 0 Å². The van der Waals surface area contributed by atoms with E-state index in [2.05, 4.69) is 16.8 Å². The SMILES string of the molecule is CCCN.NCC(=O)NC(Cc1ccc(OP(O)O)c(O)c1)C(=O)O. The van der Waals surface area contributed by atoms with Crippen LogP contribution in [0.1, 0.15) is 18.9 Å². The third-order valence-electron chi connectivity index (χ3n) is 2.75. The van der Waals surface area contributed by atoms with Crippen LogP contribution in [0.25, 0.3) is 0 Å². The molecule has 1 aromatic carbocycles. The molecule has 9 N–H and O–H groups in total. The number of hydrogen-bond donors (Lipinski definition) is 7. The van der Waals surface area contributed by atoms with Crippen molar-refractivity contribution in [2.75, 3.05) is 13.1 Å². The molecular formula is C14H24N3O7P. The molecule has 0 saturated carbocycles. The van der Waals surface area contributed by atoms with Gasteiger partial charge in [0.2, 0.25) is 5.91 Å². The zero-order chi connectivity index (χ0) is 19.4. The molecule has 1 unspecified atom stereocenters. The average Bonchev–Trinajstić information content (AvgIpc) is 2.56. The molecule has 1 atom stereocenters. The molecule has 0 radical (unpaired) electrons. The minimum absolute atomic E-state index is 0.0814. The number of phenols is 1. The Hall–Kier alpha value is -1.97. The lowest BCUT2D eigenvalue weighted by Gasteiger charge is -2.15. The third kappa shape index (κ3) is 9.80. The summed E-state index contributed by atoms with van der Waals surface area (Å²) in [5, 5.41) is 20.9. The summed E-state index contributed by atoms with van der Waals surface area (Å²) in [5.41, 5.74) is 10.5. The minimum atomic E-state index is -2.67. The standard InChI is InChI=1S/C11H15N2O7P.C3H9N/c12-5-10(15)13-7(11(16)17)3-6-1-2-9(8(14)4-6)20-21(18)19;1-2-3-4/h1-2,4,7,14,18-19H,3,5,12H2,(H,13,15)(H,16,17);2-4H2,1H3. The van der Waals surface area contributed by atoms with E-state index in [1.54, 1.807) is 0 Å². The van der Waals surface area contributed by atoms with Crippen LogP contribution in [-0.2, 0) is 16.0 Å². The number of aliphatic carboxylic acids is 1. The first kappa shape index (κ1) is 23.0. The fraction of sp³-hybridized carbons (Fsp3) is 0.429. The van der Waals surface area contributed by atoms with Crippen molar-refractivity contribution in [2.45, 2.75) is 25.8 Å². The van der Waals surface area contributed by atoms with Crippen molar-refractivity contribution in [3.8, 4) is 11.5 Å². The third-order valence-corrected chi connectivity index (χ3v) is 3.11. The van der Waals surface area contributed by atoms with E-state index in [0.29, 0.717) is 5.56 Å². The van der Waals surface area contributed by atoms with Crippen LogP contribution < -0.4 is 21.3 Å². The number of rotatable bonds is 8. The van der Waals surface area contributed by atoms with Crippen LogP contribution in [-0.4, -0.2) is 51.0 Å². The van der Waals surface area contributed by atoms with Gasteiger partial charge >= 0.3 is 14.6 Å². The molecule has 25 heavy (non-hydrogen) atoms. The first-order chi connectivity index (χ1) is 11.7. The summed E-state index contributed by atoms with van der Waals surface area (Å²) in [5.74, 6) is -2.38. The molecule has 0 heterocycles. The monoisotopic (exact) mass is 377 g/mol. The summed E-state index contributed by atoms with van der Waals surface area (Å²) in [4.78, 5) is 39.6. The number of aromatic hydroxyl groups is 1. The lowest BCUT2D eigenvalue weighted by atomic mass is 10.1. The zero-order valence-corrected chi connectivity index (χ0v) is 14.6. The molecule has 1 aromatic rings. The van der Waals surface area contributed by atoms with Gasteiger partial charge in [-0.1, -0.05) is 13.0 Å². The highest BCUT2D eigenvalue weighted by Gasteiger charge is 2.20. The Balaban J connectivity index is 0.00000129. The van der Waals surface area contributed by atoms with Crippen molar-refractivity contribution in [1.82, 2.24) is 5.32 Å². The first-order valence-corrected chi connectivity index (χ1v) is 8.51. The van der Waals surface area contributed by atoms with E-state index < -0.39 is 26.5 Å². The zero-order valence-electron chi connectivity index (χ0n) is 13.8. The van der Waals surface area contributed by atoms with Gasteiger partial charge in [0.25, 0.3) is 0 Å². The second kappa shape index (κ2) is 12.4. The minimum Gasteiger partial charge on any atom is -0.504 e. The number of nitrogens with two attached hydrogens (primary N) is 2. The van der Waals surface area contributed by atoms with E-state index in [-0.39, 0.29) is 24.5 Å². The van der Waals surface area contributed by atoms with Crippen LogP contribution in [0.2, 0.25) is 0 Å². The summed E-state index contributed by atoms with van der Waals surface area (Å²) >= 11 is 0. The molecule has 0 aliphatic carbocycles. The van der Waals surface area contributed by atoms with Crippen molar-refractivity contribution < 1.29 is 34.1 Å². The molecule has 11 heteroatoms. The quantitative estimate of drug-likeness (QED) is 0.290. The maximum absolute atomic E-state index is 11.1. The van der Waals surface area contributed by atoms with E-state index in [0.717, 1.165) is 13.0 Å². The summed E-state index contributed by atoms with van der Waals surface area (Å²) < 4.78 is 4.56. The summed E-state index contributed by atoms with van der Waals surface area (Å²) in [6.07, 6.45) is 1.02. The number of carbonyl (C=O) groups is 2. The predicted octanol–water partition coefficient (Wildman–Crippen LogP) is -0.592. The molecule has 1 amide bonds. The number of benzene rings is 1. The first-order valence-electron chi connectivity index (χ1n) is 7.35. The second-order valence-electron chi connectivity index (χ2n) is 4.80. The number of nitrogens with one attached hydrogen (secondary N) is 1. The predicted molar refractivity (Wildman–Crippen MR) is 91.8 cm³/mol. The molecule has 142 valence electrons. The number of carboxylic acid groups (broad SMARTS) is 1. The Labute approximate surface area is 146 Å². The number of amides is 1. The molecule has 0 bridgehead atoms. The van der Waals surface area contributed by atoms with Gasteiger partial charge in [-0.3, -0.25) is 4.79 Å². The fourth-order valence-corrected chi connectivity index (χ4v) is 1.87. The maximum atomic E-state index is 11.1. The molecule has 0 aromatic heterocycles. The molecule has 0 spiro atoms. The molecule has 0 aliphatic rings. The van der Waals surface area contributed by atoms with Crippen LogP contribution in [0.4, 0.5) is 0 Å². The number of carboxylic acids is 1. The molecule has 0 fully saturated rings. The summed E-state index contributed by atoms with van der Waals surface area (Å²) in [6, 6.07) is 2.70. The van der Waals surface area contributed by atoms with Gasteiger partial charge in [0.15, 0.2) is 11.5 Å². The Bertz CT molecular complexity index is 555. The van der Waals surface area contributed by atoms with E-state index in [1.807, 2.05) is 0 Å². The fourth-order valence-electron chi connectivity index (χ4n) is 1.54. The molecule has 0 aliphatic heterocycles. The van der Waals surface area contributed by atoms with Gasteiger partial charge < -0.3 is 41.3 Å². The number of phenolic OH excluding ortho intramolecular Hbond substituents is 1. The average molecular weight is 377 g/mol. The Morgan fingerprint density at radius 3 is 2.32 bits per heavy atom. The lowest BCUT2D eigenvalue weighted by molar-refractivity contribution is -0.141. The van der Waals surface area contributed by atoms with Crippen LogP contribution in [0, 0.1) is 0 Å². The van der Waals surface area contributed by atoms with Crippen LogP contribution >= 0.6 is 8.60 Å². The van der Waals surface area contributed by atoms with Gasteiger partial charge in [-0.25, -0.2) is 4.79 Å². The highest BCUT2D eigenvalue weighted by Crippen LogP contribution is 2.36. The lowest BCUT2D eigenvalue weighted by Crippen LogP contribution is -2.44. The van der Waals surface area contributed by atoms with Crippen molar-refractivity contribution >= 4 is 20.5 Å². The van der Waals surface area contributed by atoms with E-state index in [1.165, 1.54) is 18.2 Å². The second-order valence-corrected chi connectivity index (χ2v) is 5.49. The van der Waals surface area contributed by atoms with E-state index in [4.69, 9.17) is 26.4 Å². The molecule has 10 nitrogen and oxygen atoms in total. The van der Waals surface area contributed by atoms with Crippen LogP contribution in [0.15, 0.2) is 18.2 Å². The van der Waals surface area contributed by atoms with Gasteiger partial charge in [-0.15, -0.1) is 0 Å². The maximum Gasteiger partial charge on any atom is 0.391 e. The van der Waals surface area contributed by atoms with Gasteiger partial charge in [0, 0.05) is 6.42 Å². The van der Waals surface area contributed by atoms with Gasteiger partial charge in [0.1, 0.15) is 6.04 Å². The van der Waals surface area contributed by atoms with Crippen LogP contribution in [0.3, 0.4) is 0 Å². The molecule has 1 rings (SSSR count). The highest BCUT2D eigenvalue weighted by molar-refractivity contribution is 7.39. The largest absolute Gasteiger partial charge is 0.504 e. The summed E-state index contributed by atoms with van der Waals surface area (Å²) in [6.45, 7) is 2.54. The van der Waals surface area contributed by atoms with Gasteiger partial charge in [-0.05, 0) is 30.7 Å². The van der Waals surface area contributed by atoms with Crippen molar-refractivity contribution in [3.63, 3.8) is 0 Å². The van der Waals surface area contributed by atoms with Crippen molar-refractivity contribution in [1.29, 1.82) is 0 Å². The van der Waals surface area contributed by atoms with Crippen molar-refractivity contribution in [2.24, 2.45) is 11.5 Å². The highest BCUT2D eigenvalue weighted by atomic mass is 31.2. The molecule has 0 saturated heterocycles. The Morgan fingerprint density at radius 1 is 1.32 bits per heavy atom. The van der Waals surface area contributed by atoms with Gasteiger partial charge in [0.05, 0.1) is 6.54 Å². The number of hydrogen-bond acceptors (Lipinski definition) is 8. The van der Waals surface area contributed by atoms with E-state index >= 15 is 0 Å². The smallest absolute Gasteiger partial charge is 0.391 e.